The van der Waals surface area contributed by atoms with Gasteiger partial charge in [-0.2, -0.15) is 0 Å². The van der Waals surface area contributed by atoms with Crippen LogP contribution in [0.1, 0.15) is 24.0 Å². The summed E-state index contributed by atoms with van der Waals surface area (Å²) in [6.45, 7) is 3.37. The molecule has 31 heavy (non-hydrogen) atoms. The van der Waals surface area contributed by atoms with E-state index in [1.807, 2.05) is 65.6 Å². The lowest BCUT2D eigenvalue weighted by Gasteiger charge is -2.28. The van der Waals surface area contributed by atoms with Gasteiger partial charge in [0.25, 0.3) is 0 Å². The molecule has 1 aliphatic heterocycles. The van der Waals surface area contributed by atoms with Gasteiger partial charge in [-0.25, -0.2) is 0 Å². The highest BCUT2D eigenvalue weighted by molar-refractivity contribution is 5.80. The first-order valence-corrected chi connectivity index (χ1v) is 11.0. The summed E-state index contributed by atoms with van der Waals surface area (Å²) < 4.78 is 11.4. The molecule has 2 aliphatic rings. The van der Waals surface area contributed by atoms with Crippen molar-refractivity contribution in [3.05, 3.63) is 71.8 Å². The van der Waals surface area contributed by atoms with E-state index in [0.29, 0.717) is 32.2 Å². The number of ether oxygens (including phenoxy) is 1. The Morgan fingerprint density at radius 2 is 1.68 bits per heavy atom. The summed E-state index contributed by atoms with van der Waals surface area (Å²) in [4.78, 5) is 17.5. The van der Waals surface area contributed by atoms with Crippen LogP contribution < -0.4 is 4.90 Å². The third kappa shape index (κ3) is 4.49. The number of nitrogens with zero attached hydrogens (tertiary/aromatic N) is 3. The molecule has 0 bridgehead atoms. The van der Waals surface area contributed by atoms with Gasteiger partial charge in [0, 0.05) is 24.7 Å². The molecule has 0 N–H and O–H groups in total. The topological polar surface area (TPSA) is 58.8 Å². The molecule has 6 nitrogen and oxygen atoms in total. The van der Waals surface area contributed by atoms with Crippen LogP contribution in [0.4, 0.5) is 5.88 Å². The number of anilines is 1. The minimum Gasteiger partial charge on any atom is -0.378 e. The summed E-state index contributed by atoms with van der Waals surface area (Å²) in [7, 11) is 0. The van der Waals surface area contributed by atoms with Crippen molar-refractivity contribution in [3.63, 3.8) is 0 Å². The van der Waals surface area contributed by atoms with Gasteiger partial charge in [0.15, 0.2) is 0 Å². The fourth-order valence-electron chi connectivity index (χ4n) is 4.13. The quantitative estimate of drug-likeness (QED) is 0.583. The Bertz CT molecular complexity index is 1010. The summed E-state index contributed by atoms with van der Waals surface area (Å²) in [5.41, 5.74) is 3.86. The maximum atomic E-state index is 13.3. The summed E-state index contributed by atoms with van der Waals surface area (Å²) in [6.07, 6.45) is 2.52. The van der Waals surface area contributed by atoms with E-state index in [-0.39, 0.29) is 5.91 Å². The Hall–Kier alpha value is -3.12. The lowest BCUT2D eigenvalue weighted by atomic mass is 10.1. The second kappa shape index (κ2) is 8.94. The van der Waals surface area contributed by atoms with Crippen LogP contribution in [0.3, 0.4) is 0 Å². The number of amides is 1. The van der Waals surface area contributed by atoms with Gasteiger partial charge in [0.2, 0.25) is 11.8 Å². The lowest BCUT2D eigenvalue weighted by Crippen LogP contribution is -2.38. The van der Waals surface area contributed by atoms with Gasteiger partial charge in [0.1, 0.15) is 5.69 Å². The minimum atomic E-state index is 0.154. The van der Waals surface area contributed by atoms with Crippen LogP contribution >= 0.6 is 0 Å². The molecule has 1 amide bonds. The third-order valence-corrected chi connectivity index (χ3v) is 5.95. The number of carbonyl (C=O) groups excluding carboxylic acids is 1. The second-order valence-electron chi connectivity index (χ2n) is 8.20. The van der Waals surface area contributed by atoms with E-state index in [4.69, 9.17) is 9.26 Å². The van der Waals surface area contributed by atoms with Crippen molar-refractivity contribution in [2.45, 2.75) is 31.8 Å². The molecule has 1 aliphatic carbocycles. The lowest BCUT2D eigenvalue weighted by molar-refractivity contribution is -0.131. The monoisotopic (exact) mass is 417 g/mol. The molecule has 0 spiro atoms. The first-order valence-electron chi connectivity index (χ1n) is 11.0. The van der Waals surface area contributed by atoms with Gasteiger partial charge in [-0.15, -0.1) is 0 Å². The first kappa shape index (κ1) is 19.8. The van der Waals surface area contributed by atoms with Crippen LogP contribution in [-0.2, 0) is 22.5 Å². The highest BCUT2D eigenvalue weighted by atomic mass is 16.5. The maximum Gasteiger partial charge on any atom is 0.233 e. The fraction of sp³-hybridized carbons (Fsp3) is 0.360. The molecule has 1 saturated heterocycles. The Kier molecular flexibility index (Phi) is 5.71. The first-order chi connectivity index (χ1) is 15.3. The zero-order valence-corrected chi connectivity index (χ0v) is 17.6. The van der Waals surface area contributed by atoms with E-state index in [0.717, 1.165) is 54.2 Å². The second-order valence-corrected chi connectivity index (χ2v) is 8.20. The van der Waals surface area contributed by atoms with Crippen LogP contribution in [0, 0.1) is 0 Å². The number of benzene rings is 2. The van der Waals surface area contributed by atoms with E-state index in [2.05, 4.69) is 10.1 Å². The standard InChI is InChI=1S/C25H27N3O3/c29-23(17-19-7-3-1-4-8-19)28(21-11-12-21)18-22-24(20-9-5-2-6-10-20)26-31-25(22)27-13-15-30-16-14-27/h1-10,21H,11-18H2. The Balaban J connectivity index is 1.46. The number of carbonyl (C=O) groups is 1. The predicted molar refractivity (Wildman–Crippen MR) is 119 cm³/mol. The van der Waals surface area contributed by atoms with Crippen molar-refractivity contribution in [2.75, 3.05) is 31.2 Å². The Labute approximate surface area is 182 Å². The molecule has 2 heterocycles. The molecule has 3 aromatic rings. The van der Waals surface area contributed by atoms with Crippen molar-refractivity contribution in [2.24, 2.45) is 0 Å². The Morgan fingerprint density at radius 3 is 2.35 bits per heavy atom. The molecular weight excluding hydrogens is 390 g/mol. The Morgan fingerprint density at radius 1 is 1.00 bits per heavy atom. The van der Waals surface area contributed by atoms with Crippen molar-refractivity contribution in [1.82, 2.24) is 10.1 Å². The average molecular weight is 418 g/mol. The highest BCUT2D eigenvalue weighted by Gasteiger charge is 2.35. The van der Waals surface area contributed by atoms with Crippen molar-refractivity contribution >= 4 is 11.8 Å². The molecular formula is C25H27N3O3. The van der Waals surface area contributed by atoms with Crippen LogP contribution in [0.2, 0.25) is 0 Å². The number of hydrogen-bond acceptors (Lipinski definition) is 5. The molecule has 2 fully saturated rings. The predicted octanol–water partition coefficient (Wildman–Crippen LogP) is 3.91. The van der Waals surface area contributed by atoms with Crippen molar-refractivity contribution < 1.29 is 14.1 Å². The number of rotatable bonds is 7. The van der Waals surface area contributed by atoms with E-state index < -0.39 is 0 Å². The van der Waals surface area contributed by atoms with E-state index >= 15 is 0 Å². The van der Waals surface area contributed by atoms with E-state index in [1.165, 1.54) is 0 Å². The molecule has 6 heteroatoms. The summed E-state index contributed by atoms with van der Waals surface area (Å²) in [5, 5.41) is 4.44. The number of hydrogen-bond donors (Lipinski definition) is 0. The zero-order chi connectivity index (χ0) is 21.0. The van der Waals surface area contributed by atoms with Crippen molar-refractivity contribution in [1.29, 1.82) is 0 Å². The normalized spacial score (nSPS) is 16.3. The maximum absolute atomic E-state index is 13.3. The van der Waals surface area contributed by atoms with Gasteiger partial charge in [-0.05, 0) is 18.4 Å². The van der Waals surface area contributed by atoms with Gasteiger partial charge >= 0.3 is 0 Å². The van der Waals surface area contributed by atoms with E-state index in [1.54, 1.807) is 0 Å². The van der Waals surface area contributed by atoms with Crippen LogP contribution in [0.15, 0.2) is 65.2 Å². The molecule has 1 aromatic heterocycles. The molecule has 2 aromatic carbocycles. The molecule has 5 rings (SSSR count). The van der Waals surface area contributed by atoms with Crippen LogP contribution in [-0.4, -0.2) is 48.3 Å². The molecule has 1 saturated carbocycles. The van der Waals surface area contributed by atoms with Gasteiger partial charge in [-0.3, -0.25) is 4.79 Å². The largest absolute Gasteiger partial charge is 0.378 e. The molecule has 0 radical (unpaired) electrons. The minimum absolute atomic E-state index is 0.154. The molecule has 160 valence electrons. The summed E-state index contributed by atoms with van der Waals surface area (Å²) >= 11 is 0. The summed E-state index contributed by atoms with van der Waals surface area (Å²) in [6, 6.07) is 20.3. The number of morpholine rings is 1. The van der Waals surface area contributed by atoms with Crippen LogP contribution in [0.5, 0.6) is 0 Å². The smallest absolute Gasteiger partial charge is 0.233 e. The molecule has 0 unspecified atom stereocenters. The fourth-order valence-corrected chi connectivity index (χ4v) is 4.13. The third-order valence-electron chi connectivity index (χ3n) is 5.95. The van der Waals surface area contributed by atoms with Gasteiger partial charge < -0.3 is 19.1 Å². The van der Waals surface area contributed by atoms with Crippen molar-refractivity contribution in [3.8, 4) is 11.3 Å². The zero-order valence-electron chi connectivity index (χ0n) is 17.6. The van der Waals surface area contributed by atoms with Gasteiger partial charge in [0.05, 0.1) is 31.7 Å². The number of aromatic nitrogens is 1. The SMILES string of the molecule is O=C(Cc1ccccc1)N(Cc1c(-c2ccccc2)noc1N1CCOCC1)C1CC1. The van der Waals surface area contributed by atoms with Gasteiger partial charge in [-0.1, -0.05) is 65.8 Å². The highest BCUT2D eigenvalue weighted by Crippen LogP contribution is 2.36. The molecule has 0 atom stereocenters. The van der Waals surface area contributed by atoms with E-state index in [9.17, 15) is 4.79 Å². The average Bonchev–Trinajstić information content (AvgIpc) is 3.58. The summed E-state index contributed by atoms with van der Waals surface area (Å²) in [5.74, 6) is 0.919. The van der Waals surface area contributed by atoms with Crippen LogP contribution in [0.25, 0.3) is 11.3 Å².